The molecule has 3 aromatic rings. The Morgan fingerprint density at radius 1 is 1.44 bits per heavy atom. The van der Waals surface area contributed by atoms with E-state index >= 15 is 0 Å². The second kappa shape index (κ2) is 4.70. The van der Waals surface area contributed by atoms with E-state index in [1.165, 1.54) is 4.88 Å². The van der Waals surface area contributed by atoms with E-state index in [4.69, 9.17) is 0 Å². The Morgan fingerprint density at radius 2 is 2.33 bits per heavy atom. The fraction of sp³-hybridized carbons (Fsp3) is 0.167. The smallest absolute Gasteiger partial charge is 0.152 e. The number of aryl methyl sites for hydroxylation is 1. The molecule has 0 fully saturated rings. The molecular formula is C12H11BrN4S. The molecule has 0 radical (unpaired) electrons. The number of fused-ring (bicyclic) bond motifs is 1. The molecule has 0 unspecified atom stereocenters. The van der Waals surface area contributed by atoms with Crippen molar-refractivity contribution < 1.29 is 0 Å². The summed E-state index contributed by atoms with van der Waals surface area (Å²) >= 11 is 5.18. The van der Waals surface area contributed by atoms with Crippen molar-refractivity contribution in [2.24, 2.45) is 0 Å². The molecule has 6 heteroatoms. The summed E-state index contributed by atoms with van der Waals surface area (Å²) in [6, 6.07) is 6.18. The second-order valence-corrected chi connectivity index (χ2v) is 6.50. The number of thiophene rings is 1. The fourth-order valence-corrected chi connectivity index (χ4v) is 3.22. The summed E-state index contributed by atoms with van der Waals surface area (Å²) in [5.74, 6) is 0.864. The van der Waals surface area contributed by atoms with E-state index in [0.717, 1.165) is 27.4 Å². The van der Waals surface area contributed by atoms with Gasteiger partial charge < -0.3 is 5.32 Å². The van der Waals surface area contributed by atoms with Gasteiger partial charge in [0, 0.05) is 17.3 Å². The first-order valence-electron chi connectivity index (χ1n) is 5.51. The van der Waals surface area contributed by atoms with Crippen LogP contribution < -0.4 is 5.32 Å². The maximum atomic E-state index is 4.36. The van der Waals surface area contributed by atoms with Crippen molar-refractivity contribution in [3.8, 4) is 0 Å². The molecule has 0 aliphatic heterocycles. The van der Waals surface area contributed by atoms with E-state index in [9.17, 15) is 0 Å². The minimum absolute atomic E-state index is 0.771. The third-order valence-corrected chi connectivity index (χ3v) is 4.19. The van der Waals surface area contributed by atoms with Gasteiger partial charge in [-0.15, -0.1) is 11.3 Å². The predicted molar refractivity (Wildman–Crippen MR) is 77.1 cm³/mol. The molecule has 0 saturated carbocycles. The van der Waals surface area contributed by atoms with Crippen molar-refractivity contribution in [1.29, 1.82) is 0 Å². The fourth-order valence-electron chi connectivity index (χ4n) is 1.80. The average Bonchev–Trinajstić information content (AvgIpc) is 2.91. The lowest BCUT2D eigenvalue weighted by atomic mass is 10.4. The van der Waals surface area contributed by atoms with Crippen molar-refractivity contribution in [3.63, 3.8) is 0 Å². The summed E-state index contributed by atoms with van der Waals surface area (Å²) in [7, 11) is 0. The lowest BCUT2D eigenvalue weighted by Crippen LogP contribution is -2.02. The van der Waals surface area contributed by atoms with Crippen molar-refractivity contribution in [2.45, 2.75) is 13.5 Å². The molecule has 0 aliphatic carbocycles. The normalized spacial score (nSPS) is 11.0. The molecule has 0 amide bonds. The Bertz CT molecular complexity index is 688. The molecule has 18 heavy (non-hydrogen) atoms. The highest BCUT2D eigenvalue weighted by Gasteiger charge is 2.05. The Balaban J connectivity index is 1.86. The van der Waals surface area contributed by atoms with Crippen molar-refractivity contribution in [2.75, 3.05) is 5.32 Å². The van der Waals surface area contributed by atoms with Crippen molar-refractivity contribution in [3.05, 3.63) is 45.0 Å². The van der Waals surface area contributed by atoms with E-state index in [-0.39, 0.29) is 0 Å². The quantitative estimate of drug-likeness (QED) is 0.802. The molecule has 3 rings (SSSR count). The van der Waals surface area contributed by atoms with Gasteiger partial charge in [-0.2, -0.15) is 5.10 Å². The average molecular weight is 323 g/mol. The van der Waals surface area contributed by atoms with Crippen LogP contribution in [0.5, 0.6) is 0 Å². The summed E-state index contributed by atoms with van der Waals surface area (Å²) in [4.78, 5) is 5.63. The zero-order chi connectivity index (χ0) is 12.5. The van der Waals surface area contributed by atoms with Crippen LogP contribution in [-0.2, 0) is 6.54 Å². The molecule has 0 atom stereocenters. The summed E-state index contributed by atoms with van der Waals surface area (Å²) < 4.78 is 2.99. The van der Waals surface area contributed by atoms with Crippen molar-refractivity contribution >= 4 is 38.6 Å². The molecule has 4 nitrogen and oxygen atoms in total. The number of rotatable bonds is 3. The van der Waals surface area contributed by atoms with Gasteiger partial charge in [0.05, 0.1) is 16.0 Å². The highest BCUT2D eigenvalue weighted by atomic mass is 79.9. The van der Waals surface area contributed by atoms with Gasteiger partial charge in [-0.25, -0.2) is 9.50 Å². The maximum Gasteiger partial charge on any atom is 0.152 e. The topological polar surface area (TPSA) is 42.2 Å². The van der Waals surface area contributed by atoms with Crippen LogP contribution in [0.15, 0.2) is 34.4 Å². The van der Waals surface area contributed by atoms with Gasteiger partial charge in [0.1, 0.15) is 5.52 Å². The number of halogens is 1. The standard InChI is InChI=1S/C12H11BrN4S/c1-8-6-10-12(14-4-5-17(10)16-8)15-7-9-2-3-11(13)18-9/h2-6H,7H2,1H3,(H,14,15). The number of anilines is 1. The van der Waals surface area contributed by atoms with Gasteiger partial charge in [0.15, 0.2) is 5.82 Å². The minimum atomic E-state index is 0.771. The Kier molecular flexibility index (Phi) is 3.05. The molecule has 0 bridgehead atoms. The number of hydrogen-bond acceptors (Lipinski definition) is 4. The number of aromatic nitrogens is 3. The van der Waals surface area contributed by atoms with Crippen LogP contribution >= 0.6 is 27.3 Å². The number of nitrogens with zero attached hydrogens (tertiary/aromatic N) is 3. The van der Waals surface area contributed by atoms with Gasteiger partial charge in [-0.1, -0.05) is 0 Å². The summed E-state index contributed by atoms with van der Waals surface area (Å²) in [6.45, 7) is 2.75. The first-order chi connectivity index (χ1) is 8.72. The molecule has 1 N–H and O–H groups in total. The highest BCUT2D eigenvalue weighted by Crippen LogP contribution is 2.23. The molecule has 0 saturated heterocycles. The maximum absolute atomic E-state index is 4.36. The van der Waals surface area contributed by atoms with E-state index in [1.807, 2.05) is 23.7 Å². The first kappa shape index (κ1) is 11.7. The van der Waals surface area contributed by atoms with Crippen LogP contribution in [0.1, 0.15) is 10.6 Å². The number of nitrogens with one attached hydrogen (secondary N) is 1. The highest BCUT2D eigenvalue weighted by molar-refractivity contribution is 9.11. The summed E-state index contributed by atoms with van der Waals surface area (Å²) in [5, 5.41) is 7.71. The molecular weight excluding hydrogens is 312 g/mol. The van der Waals surface area contributed by atoms with Crippen LogP contribution in [0.2, 0.25) is 0 Å². The summed E-state index contributed by atoms with van der Waals surface area (Å²) in [5.41, 5.74) is 2.00. The van der Waals surface area contributed by atoms with Crippen LogP contribution in [0, 0.1) is 6.92 Å². The molecule has 0 aromatic carbocycles. The van der Waals surface area contributed by atoms with Crippen LogP contribution in [0.3, 0.4) is 0 Å². The van der Waals surface area contributed by atoms with Gasteiger partial charge in [0.25, 0.3) is 0 Å². The minimum Gasteiger partial charge on any atom is -0.363 e. The molecule has 0 spiro atoms. The van der Waals surface area contributed by atoms with E-state index in [2.05, 4.69) is 43.5 Å². The third kappa shape index (κ3) is 2.26. The lowest BCUT2D eigenvalue weighted by Gasteiger charge is -2.05. The monoisotopic (exact) mass is 322 g/mol. The zero-order valence-electron chi connectivity index (χ0n) is 9.72. The van der Waals surface area contributed by atoms with Crippen LogP contribution in [0.25, 0.3) is 5.52 Å². The van der Waals surface area contributed by atoms with Crippen molar-refractivity contribution in [1.82, 2.24) is 14.6 Å². The first-order valence-corrected chi connectivity index (χ1v) is 7.12. The SMILES string of the molecule is Cc1cc2c(NCc3ccc(Br)s3)nccn2n1. The van der Waals surface area contributed by atoms with Gasteiger partial charge in [-0.05, 0) is 41.1 Å². The van der Waals surface area contributed by atoms with Crippen LogP contribution in [-0.4, -0.2) is 14.6 Å². The van der Waals surface area contributed by atoms with E-state index in [0.29, 0.717) is 0 Å². The summed E-state index contributed by atoms with van der Waals surface area (Å²) in [6.07, 6.45) is 3.61. The largest absolute Gasteiger partial charge is 0.363 e. The molecule has 0 aliphatic rings. The molecule has 92 valence electrons. The Morgan fingerprint density at radius 3 is 3.11 bits per heavy atom. The predicted octanol–water partition coefficient (Wildman–Crippen LogP) is 3.47. The Labute approximate surface area is 117 Å². The lowest BCUT2D eigenvalue weighted by molar-refractivity contribution is 0.920. The Hall–Kier alpha value is -1.40. The van der Waals surface area contributed by atoms with Gasteiger partial charge >= 0.3 is 0 Å². The van der Waals surface area contributed by atoms with Gasteiger partial charge in [0.2, 0.25) is 0 Å². The van der Waals surface area contributed by atoms with Crippen LogP contribution in [0.4, 0.5) is 5.82 Å². The molecule has 3 heterocycles. The van der Waals surface area contributed by atoms with E-state index in [1.54, 1.807) is 17.5 Å². The zero-order valence-corrected chi connectivity index (χ0v) is 12.1. The van der Waals surface area contributed by atoms with Gasteiger partial charge in [-0.3, -0.25) is 0 Å². The second-order valence-electron chi connectivity index (χ2n) is 3.95. The van der Waals surface area contributed by atoms with E-state index < -0.39 is 0 Å². The third-order valence-electron chi connectivity index (χ3n) is 2.57. The number of hydrogen-bond donors (Lipinski definition) is 1. The molecule has 3 aromatic heterocycles.